The molecule has 1 heterocycles. The fourth-order valence-corrected chi connectivity index (χ4v) is 1.44. The van der Waals surface area contributed by atoms with Gasteiger partial charge >= 0.3 is 0 Å². The minimum atomic E-state index is -0.762. The van der Waals surface area contributed by atoms with Gasteiger partial charge in [-0.1, -0.05) is 18.2 Å². The molecule has 16 heavy (non-hydrogen) atoms. The Balaban J connectivity index is 2.24. The van der Waals surface area contributed by atoms with Crippen molar-refractivity contribution < 1.29 is 5.11 Å². The van der Waals surface area contributed by atoms with Crippen molar-refractivity contribution in [1.82, 2.24) is 9.78 Å². The van der Waals surface area contributed by atoms with Gasteiger partial charge in [-0.3, -0.25) is 0 Å². The molecule has 1 N–H and O–H groups in total. The molecule has 0 radical (unpaired) electrons. The van der Waals surface area contributed by atoms with Crippen molar-refractivity contribution in [2.24, 2.45) is 0 Å². The molecule has 1 atom stereocenters. The number of aliphatic hydroxyl groups excluding tert-OH is 1. The second-order valence-corrected chi connectivity index (χ2v) is 3.43. The van der Waals surface area contributed by atoms with Crippen LogP contribution in [0.1, 0.15) is 18.1 Å². The summed E-state index contributed by atoms with van der Waals surface area (Å²) in [7, 11) is 0. The van der Waals surface area contributed by atoms with E-state index in [2.05, 4.69) is 5.10 Å². The average Bonchev–Trinajstić information content (AvgIpc) is 2.80. The van der Waals surface area contributed by atoms with Crippen LogP contribution in [-0.2, 0) is 0 Å². The summed E-state index contributed by atoms with van der Waals surface area (Å²) in [6.45, 7) is 0. The third kappa shape index (κ3) is 2.10. The highest BCUT2D eigenvalue weighted by Crippen LogP contribution is 2.16. The first-order chi connectivity index (χ1) is 7.81. The molecule has 0 fully saturated rings. The van der Waals surface area contributed by atoms with E-state index in [1.807, 2.05) is 36.4 Å². The molecule has 1 unspecified atom stereocenters. The van der Waals surface area contributed by atoms with Gasteiger partial charge in [0.15, 0.2) is 0 Å². The monoisotopic (exact) mass is 213 g/mol. The zero-order chi connectivity index (χ0) is 11.4. The molecule has 80 valence electrons. The fraction of sp³-hybridized carbons (Fsp3) is 0.167. The second kappa shape index (κ2) is 4.60. The Labute approximate surface area is 93.4 Å². The zero-order valence-corrected chi connectivity index (χ0v) is 8.61. The van der Waals surface area contributed by atoms with Crippen molar-refractivity contribution in [3.63, 3.8) is 0 Å². The molecule has 2 rings (SSSR count). The van der Waals surface area contributed by atoms with Crippen molar-refractivity contribution >= 4 is 0 Å². The van der Waals surface area contributed by atoms with Crippen LogP contribution in [-0.4, -0.2) is 14.9 Å². The van der Waals surface area contributed by atoms with Gasteiger partial charge in [0.2, 0.25) is 0 Å². The van der Waals surface area contributed by atoms with E-state index in [4.69, 9.17) is 5.26 Å². The van der Waals surface area contributed by atoms with Crippen LogP contribution < -0.4 is 0 Å². The Bertz CT molecular complexity index is 498. The van der Waals surface area contributed by atoms with Crippen LogP contribution in [0.25, 0.3) is 5.69 Å². The largest absolute Gasteiger partial charge is 0.387 e. The second-order valence-electron chi connectivity index (χ2n) is 3.43. The molecular weight excluding hydrogens is 202 g/mol. The minimum Gasteiger partial charge on any atom is -0.387 e. The number of hydrogen-bond donors (Lipinski definition) is 1. The van der Waals surface area contributed by atoms with Gasteiger partial charge in [-0.2, -0.15) is 10.4 Å². The van der Waals surface area contributed by atoms with E-state index in [1.54, 1.807) is 17.1 Å². The van der Waals surface area contributed by atoms with Crippen LogP contribution in [0, 0.1) is 11.3 Å². The number of nitrogens with zero attached hydrogens (tertiary/aromatic N) is 3. The standard InChI is InChI=1S/C12H11N3O/c13-7-6-12(16)10-8-14-15(9-10)11-4-2-1-3-5-11/h1-5,8-9,12,16H,6H2. The van der Waals surface area contributed by atoms with E-state index in [-0.39, 0.29) is 6.42 Å². The number of aromatic nitrogens is 2. The molecule has 1 aromatic carbocycles. The van der Waals surface area contributed by atoms with Gasteiger partial charge in [-0.15, -0.1) is 0 Å². The highest BCUT2D eigenvalue weighted by atomic mass is 16.3. The zero-order valence-electron chi connectivity index (χ0n) is 8.61. The van der Waals surface area contributed by atoms with E-state index < -0.39 is 6.10 Å². The van der Waals surface area contributed by atoms with Crippen molar-refractivity contribution in [1.29, 1.82) is 5.26 Å². The smallest absolute Gasteiger partial charge is 0.0950 e. The van der Waals surface area contributed by atoms with Gasteiger partial charge < -0.3 is 5.11 Å². The number of rotatable bonds is 3. The van der Waals surface area contributed by atoms with Gasteiger partial charge in [-0.25, -0.2) is 4.68 Å². The first kappa shape index (κ1) is 10.4. The van der Waals surface area contributed by atoms with Crippen molar-refractivity contribution in [2.45, 2.75) is 12.5 Å². The maximum atomic E-state index is 9.60. The maximum Gasteiger partial charge on any atom is 0.0950 e. The number of aliphatic hydroxyl groups is 1. The molecule has 2 aromatic rings. The molecule has 0 aliphatic rings. The predicted molar refractivity (Wildman–Crippen MR) is 58.8 cm³/mol. The van der Waals surface area contributed by atoms with Crippen molar-refractivity contribution in [3.8, 4) is 11.8 Å². The lowest BCUT2D eigenvalue weighted by molar-refractivity contribution is 0.183. The SMILES string of the molecule is N#CCC(O)c1cnn(-c2ccccc2)c1. The third-order valence-corrected chi connectivity index (χ3v) is 2.29. The van der Waals surface area contributed by atoms with Gasteiger partial charge in [0.05, 0.1) is 30.5 Å². The molecule has 0 aliphatic heterocycles. The lowest BCUT2D eigenvalue weighted by Gasteiger charge is -2.01. The normalized spacial score (nSPS) is 12.0. The van der Waals surface area contributed by atoms with Gasteiger partial charge in [0, 0.05) is 11.8 Å². The number of benzene rings is 1. The third-order valence-electron chi connectivity index (χ3n) is 2.29. The number of nitriles is 1. The molecule has 0 spiro atoms. The molecule has 4 nitrogen and oxygen atoms in total. The highest BCUT2D eigenvalue weighted by Gasteiger charge is 2.09. The van der Waals surface area contributed by atoms with Crippen LogP contribution in [0.4, 0.5) is 0 Å². The summed E-state index contributed by atoms with van der Waals surface area (Å²) >= 11 is 0. The van der Waals surface area contributed by atoms with E-state index in [0.717, 1.165) is 5.69 Å². The van der Waals surface area contributed by atoms with Crippen molar-refractivity contribution in [3.05, 3.63) is 48.3 Å². The predicted octanol–water partition coefficient (Wildman–Crippen LogP) is 1.82. The van der Waals surface area contributed by atoms with Gasteiger partial charge in [0.25, 0.3) is 0 Å². The lowest BCUT2D eigenvalue weighted by Crippen LogP contribution is -1.95. The summed E-state index contributed by atoms with van der Waals surface area (Å²) in [5.74, 6) is 0. The summed E-state index contributed by atoms with van der Waals surface area (Å²) < 4.78 is 1.68. The van der Waals surface area contributed by atoms with Crippen LogP contribution in [0.2, 0.25) is 0 Å². The quantitative estimate of drug-likeness (QED) is 0.845. The first-order valence-corrected chi connectivity index (χ1v) is 4.96. The van der Waals surface area contributed by atoms with E-state index in [9.17, 15) is 5.11 Å². The Morgan fingerprint density at radius 3 is 2.81 bits per heavy atom. The Morgan fingerprint density at radius 2 is 2.12 bits per heavy atom. The summed E-state index contributed by atoms with van der Waals surface area (Å²) in [6, 6.07) is 11.5. The Morgan fingerprint density at radius 1 is 1.38 bits per heavy atom. The van der Waals surface area contributed by atoms with Crippen LogP contribution in [0.5, 0.6) is 0 Å². The van der Waals surface area contributed by atoms with Crippen LogP contribution >= 0.6 is 0 Å². The topological polar surface area (TPSA) is 61.8 Å². The molecule has 0 saturated heterocycles. The Kier molecular flexibility index (Phi) is 2.99. The minimum absolute atomic E-state index is 0.0838. The highest BCUT2D eigenvalue weighted by molar-refractivity contribution is 5.31. The van der Waals surface area contributed by atoms with Gasteiger partial charge in [-0.05, 0) is 12.1 Å². The summed E-state index contributed by atoms with van der Waals surface area (Å²) in [5, 5.41) is 22.2. The van der Waals surface area contributed by atoms with Gasteiger partial charge in [0.1, 0.15) is 0 Å². The van der Waals surface area contributed by atoms with Crippen LogP contribution in [0.15, 0.2) is 42.7 Å². The number of hydrogen-bond acceptors (Lipinski definition) is 3. The summed E-state index contributed by atoms with van der Waals surface area (Å²) in [5.41, 5.74) is 1.59. The maximum absolute atomic E-state index is 9.60. The van der Waals surface area contributed by atoms with E-state index >= 15 is 0 Å². The molecule has 1 aromatic heterocycles. The first-order valence-electron chi connectivity index (χ1n) is 4.96. The lowest BCUT2D eigenvalue weighted by atomic mass is 10.1. The van der Waals surface area contributed by atoms with Crippen LogP contribution in [0.3, 0.4) is 0 Å². The Hall–Kier alpha value is -2.12. The molecule has 0 aliphatic carbocycles. The molecule has 4 heteroatoms. The summed E-state index contributed by atoms with van der Waals surface area (Å²) in [4.78, 5) is 0. The average molecular weight is 213 g/mol. The molecule has 0 saturated carbocycles. The molecule has 0 bridgehead atoms. The molecular formula is C12H11N3O. The fourth-order valence-electron chi connectivity index (χ4n) is 1.44. The summed E-state index contributed by atoms with van der Waals surface area (Å²) in [6.07, 6.45) is 2.63. The van der Waals surface area contributed by atoms with E-state index in [0.29, 0.717) is 5.56 Å². The van der Waals surface area contributed by atoms with E-state index in [1.165, 1.54) is 0 Å². The molecule has 0 amide bonds. The van der Waals surface area contributed by atoms with Crippen molar-refractivity contribution in [2.75, 3.05) is 0 Å². The number of para-hydroxylation sites is 1.